The minimum Gasteiger partial charge on any atom is -0.0843 e. The van der Waals surface area contributed by atoms with Crippen molar-refractivity contribution < 1.29 is 0 Å². The van der Waals surface area contributed by atoms with Crippen molar-refractivity contribution in [1.82, 2.24) is 0 Å². The van der Waals surface area contributed by atoms with E-state index in [0.29, 0.717) is 10.0 Å². The maximum atomic E-state index is 6.58. The zero-order valence-electron chi connectivity index (χ0n) is 31.3. The van der Waals surface area contributed by atoms with Crippen LogP contribution in [0.1, 0.15) is 75.8 Å². The van der Waals surface area contributed by atoms with Crippen LogP contribution >= 0.6 is 23.2 Å². The van der Waals surface area contributed by atoms with Crippen molar-refractivity contribution in [2.24, 2.45) is 0 Å². The lowest BCUT2D eigenvalue weighted by atomic mass is 9.77. The Morgan fingerprint density at radius 2 is 1.06 bits per heavy atom. The Hall–Kier alpha value is -4.88. The van der Waals surface area contributed by atoms with E-state index in [0.717, 1.165) is 23.1 Å². The van der Waals surface area contributed by atoms with E-state index in [2.05, 4.69) is 163 Å². The SMILES string of the molecule is CC(C)(C)c1cc2c(cc1-c1ccccc1)C(C1=CC=CC1)=c1c-2cc(C(C)(C)C)c(-c2ccccc2)c1=C(c1ccc(Cl)cc1)c1ccc(Cl)cc1. The summed E-state index contributed by atoms with van der Waals surface area (Å²) in [4.78, 5) is 0. The quantitative estimate of drug-likeness (QED) is 0.166. The van der Waals surface area contributed by atoms with Crippen molar-refractivity contribution in [3.05, 3.63) is 199 Å². The maximum Gasteiger partial charge on any atom is 0.0406 e. The van der Waals surface area contributed by atoms with E-state index in [9.17, 15) is 0 Å². The van der Waals surface area contributed by atoms with Gasteiger partial charge in [0.25, 0.3) is 0 Å². The fourth-order valence-corrected chi connectivity index (χ4v) is 8.45. The summed E-state index contributed by atoms with van der Waals surface area (Å²) in [6.07, 6.45) is 7.70. The van der Waals surface area contributed by atoms with Crippen LogP contribution < -0.4 is 10.4 Å². The Morgan fingerprint density at radius 1 is 0.528 bits per heavy atom. The van der Waals surface area contributed by atoms with Crippen LogP contribution in [0.5, 0.6) is 0 Å². The monoisotopic (exact) mass is 726 g/mol. The summed E-state index contributed by atoms with van der Waals surface area (Å²) in [6.45, 7) is 14.0. The lowest BCUT2D eigenvalue weighted by Crippen LogP contribution is -2.35. The fraction of sp³-hybridized carbons (Fsp3) is 0.176. The molecule has 0 aromatic heterocycles. The van der Waals surface area contributed by atoms with Crippen LogP contribution in [0.4, 0.5) is 0 Å². The molecular formula is C51H44Cl2. The largest absolute Gasteiger partial charge is 0.0843 e. The number of hydrogen-bond acceptors (Lipinski definition) is 0. The van der Waals surface area contributed by atoms with Crippen molar-refractivity contribution in [3.8, 4) is 33.4 Å². The number of benzene rings is 6. The second-order valence-electron chi connectivity index (χ2n) is 16.4. The number of halogens is 2. The van der Waals surface area contributed by atoms with Gasteiger partial charge in [0.1, 0.15) is 0 Å². The highest BCUT2D eigenvalue weighted by Crippen LogP contribution is 2.46. The highest BCUT2D eigenvalue weighted by Gasteiger charge is 2.33. The Labute approximate surface area is 324 Å². The van der Waals surface area contributed by atoms with E-state index < -0.39 is 0 Å². The molecule has 2 aliphatic rings. The van der Waals surface area contributed by atoms with E-state index in [1.807, 2.05) is 24.3 Å². The van der Waals surface area contributed by atoms with E-state index in [4.69, 9.17) is 23.2 Å². The lowest BCUT2D eigenvalue weighted by molar-refractivity contribution is 0.590. The highest BCUT2D eigenvalue weighted by atomic mass is 35.5. The van der Waals surface area contributed by atoms with E-state index >= 15 is 0 Å². The first kappa shape index (κ1) is 35.2. The zero-order chi connectivity index (χ0) is 37.1. The highest BCUT2D eigenvalue weighted by molar-refractivity contribution is 6.31. The van der Waals surface area contributed by atoms with Crippen LogP contribution in [0.25, 0.3) is 44.5 Å². The first-order valence-electron chi connectivity index (χ1n) is 18.5. The molecule has 0 nitrogen and oxygen atoms in total. The number of fused-ring (bicyclic) bond motifs is 3. The smallest absolute Gasteiger partial charge is 0.0406 e. The molecule has 8 rings (SSSR count). The predicted molar refractivity (Wildman–Crippen MR) is 228 cm³/mol. The second-order valence-corrected chi connectivity index (χ2v) is 17.2. The van der Waals surface area contributed by atoms with Gasteiger partial charge < -0.3 is 0 Å². The van der Waals surface area contributed by atoms with Crippen LogP contribution in [0.15, 0.2) is 151 Å². The van der Waals surface area contributed by atoms with Crippen LogP contribution in [0, 0.1) is 0 Å². The van der Waals surface area contributed by atoms with Gasteiger partial charge in [0, 0.05) is 10.0 Å². The number of hydrogen-bond donors (Lipinski definition) is 0. The summed E-state index contributed by atoms with van der Waals surface area (Å²) in [5.41, 5.74) is 17.3. The van der Waals surface area contributed by atoms with Crippen molar-refractivity contribution in [3.63, 3.8) is 0 Å². The topological polar surface area (TPSA) is 0 Å². The van der Waals surface area contributed by atoms with Gasteiger partial charge >= 0.3 is 0 Å². The zero-order valence-corrected chi connectivity index (χ0v) is 32.8. The van der Waals surface area contributed by atoms with Gasteiger partial charge in [0.15, 0.2) is 0 Å². The van der Waals surface area contributed by atoms with Gasteiger partial charge in [-0.25, -0.2) is 0 Å². The molecule has 0 N–H and O–H groups in total. The molecule has 53 heavy (non-hydrogen) atoms. The van der Waals surface area contributed by atoms with Gasteiger partial charge in [0.05, 0.1) is 0 Å². The summed E-state index contributed by atoms with van der Waals surface area (Å²) in [5.74, 6) is 0. The van der Waals surface area contributed by atoms with Crippen molar-refractivity contribution >= 4 is 34.3 Å². The van der Waals surface area contributed by atoms with Crippen LogP contribution in [0.2, 0.25) is 10.0 Å². The predicted octanol–water partition coefficient (Wildman–Crippen LogP) is 13.2. The van der Waals surface area contributed by atoms with Crippen molar-refractivity contribution in [1.29, 1.82) is 0 Å². The van der Waals surface area contributed by atoms with Gasteiger partial charge in [-0.15, -0.1) is 0 Å². The van der Waals surface area contributed by atoms with Crippen LogP contribution in [0.3, 0.4) is 0 Å². The molecule has 2 heteroatoms. The van der Waals surface area contributed by atoms with Crippen molar-refractivity contribution in [2.75, 3.05) is 0 Å². The Kier molecular flexibility index (Phi) is 8.97. The van der Waals surface area contributed by atoms with Crippen molar-refractivity contribution in [2.45, 2.75) is 58.8 Å². The van der Waals surface area contributed by atoms with E-state index in [-0.39, 0.29) is 10.8 Å². The summed E-state index contributed by atoms with van der Waals surface area (Å²) < 4.78 is 0. The Bertz CT molecular complexity index is 2510. The molecule has 2 aliphatic carbocycles. The molecular weight excluding hydrogens is 683 g/mol. The normalized spacial score (nSPS) is 13.6. The summed E-state index contributed by atoms with van der Waals surface area (Å²) in [5, 5.41) is 3.95. The Balaban J connectivity index is 1.69. The minimum absolute atomic E-state index is 0.0825. The molecule has 6 aromatic rings. The fourth-order valence-electron chi connectivity index (χ4n) is 8.20. The summed E-state index contributed by atoms with van der Waals surface area (Å²) in [6, 6.07) is 46.1. The third-order valence-electron chi connectivity index (χ3n) is 10.7. The average Bonchev–Trinajstić information content (AvgIpc) is 3.78. The Morgan fingerprint density at radius 3 is 1.57 bits per heavy atom. The van der Waals surface area contributed by atoms with Gasteiger partial charge in [-0.05, 0) is 148 Å². The lowest BCUT2D eigenvalue weighted by Gasteiger charge is -2.27. The average molecular weight is 728 g/mol. The first-order chi connectivity index (χ1) is 25.4. The van der Waals surface area contributed by atoms with Gasteiger partial charge in [-0.1, -0.05) is 168 Å². The molecule has 0 atom stereocenters. The number of rotatable bonds is 5. The molecule has 0 heterocycles. The molecule has 0 saturated heterocycles. The molecule has 0 saturated carbocycles. The number of allylic oxidation sites excluding steroid dienone is 4. The summed E-state index contributed by atoms with van der Waals surface area (Å²) in [7, 11) is 0. The second kappa shape index (κ2) is 13.5. The van der Waals surface area contributed by atoms with E-state index in [1.54, 1.807) is 0 Å². The molecule has 0 radical (unpaired) electrons. The molecule has 0 spiro atoms. The van der Waals surface area contributed by atoms with Gasteiger partial charge in [-0.3, -0.25) is 0 Å². The van der Waals surface area contributed by atoms with Gasteiger partial charge in [0.2, 0.25) is 0 Å². The van der Waals surface area contributed by atoms with Crippen LogP contribution in [-0.2, 0) is 10.8 Å². The van der Waals surface area contributed by atoms with Gasteiger partial charge in [-0.2, -0.15) is 0 Å². The molecule has 262 valence electrons. The third kappa shape index (κ3) is 6.43. The molecule has 0 amide bonds. The molecule has 0 bridgehead atoms. The van der Waals surface area contributed by atoms with Crippen LogP contribution in [-0.4, -0.2) is 0 Å². The molecule has 6 aromatic carbocycles. The standard InChI is InChI=1S/C51H44Cl2/c1-50(2,3)43-30-40-41(29-39(43)32-15-9-7-10-16-32)46(33-19-13-14-20-33)48-42(40)31-44(51(4,5)6)47(34-17-11-8-12-18-34)49(48)45(35-21-25-37(52)26-22-35)36-23-27-38(53)28-24-36/h7-19,21-31H,20H2,1-6H3. The minimum atomic E-state index is -0.173. The maximum absolute atomic E-state index is 6.58. The van der Waals surface area contributed by atoms with E-state index in [1.165, 1.54) is 71.7 Å². The molecule has 0 unspecified atom stereocenters. The molecule has 0 aliphatic heterocycles. The third-order valence-corrected chi connectivity index (χ3v) is 11.2. The summed E-state index contributed by atoms with van der Waals surface area (Å²) >= 11 is 13.2. The first-order valence-corrected chi connectivity index (χ1v) is 19.3. The molecule has 0 fully saturated rings.